The summed E-state index contributed by atoms with van der Waals surface area (Å²) in [7, 11) is -2.09. The van der Waals surface area contributed by atoms with Gasteiger partial charge in [-0.05, 0) is 65.6 Å². The number of hydrogen-bond acceptors (Lipinski definition) is 4. The Morgan fingerprint density at radius 3 is 2.29 bits per heavy atom. The number of hydrogen-bond donors (Lipinski definition) is 1. The number of unbranched alkanes of at least 4 members (excludes halogenated alkanes) is 1. The van der Waals surface area contributed by atoms with Crippen LogP contribution in [0.2, 0.25) is 0 Å². The normalized spacial score (nSPS) is 11.7. The fourth-order valence-electron chi connectivity index (χ4n) is 3.64. The van der Waals surface area contributed by atoms with E-state index in [0.717, 1.165) is 29.5 Å². The summed E-state index contributed by atoms with van der Waals surface area (Å²) < 4.78 is 32.2. The van der Waals surface area contributed by atoms with E-state index in [0.29, 0.717) is 24.4 Å². The van der Waals surface area contributed by atoms with E-state index < -0.39 is 10.0 Å². The van der Waals surface area contributed by atoms with Crippen molar-refractivity contribution in [1.82, 2.24) is 4.72 Å². The van der Waals surface area contributed by atoms with Crippen LogP contribution < -0.4 is 4.72 Å². The third-order valence-corrected chi connectivity index (χ3v) is 6.90. The van der Waals surface area contributed by atoms with Gasteiger partial charge in [0.15, 0.2) is 0 Å². The molecule has 2 aliphatic rings. The molecule has 0 spiro atoms. The molecule has 3 rings (SSSR count). The minimum atomic E-state index is -3.48. The number of fused-ring (bicyclic) bond motifs is 1. The summed E-state index contributed by atoms with van der Waals surface area (Å²) in [5, 5.41) is 0. The quantitative estimate of drug-likeness (QED) is 0.376. The van der Waals surface area contributed by atoms with Crippen LogP contribution in [0, 0.1) is 0 Å². The molecule has 0 radical (unpaired) electrons. The number of carbonyl (C=O) groups is 1. The molecule has 5 nitrogen and oxygen atoms in total. The summed E-state index contributed by atoms with van der Waals surface area (Å²) in [5.74, 6) is 0.0448. The summed E-state index contributed by atoms with van der Waals surface area (Å²) in [6.45, 7) is 4.64. The zero-order valence-corrected chi connectivity index (χ0v) is 19.0. The molecule has 6 heteroatoms. The van der Waals surface area contributed by atoms with Crippen LogP contribution in [0.5, 0.6) is 0 Å². The van der Waals surface area contributed by atoms with Crippen molar-refractivity contribution in [1.29, 1.82) is 0 Å². The summed E-state index contributed by atoms with van der Waals surface area (Å²) in [4.78, 5) is 12.6. The van der Waals surface area contributed by atoms with Crippen molar-refractivity contribution in [2.45, 2.75) is 43.9 Å². The smallest absolute Gasteiger partial charge is 0.338 e. The Labute approximate surface area is 184 Å². The molecule has 2 aliphatic carbocycles. The maximum Gasteiger partial charge on any atom is 0.338 e. The average Bonchev–Trinajstić information content (AvgIpc) is 2.95. The first-order valence-corrected chi connectivity index (χ1v) is 12.0. The highest BCUT2D eigenvalue weighted by Crippen LogP contribution is 2.34. The zero-order valence-electron chi connectivity index (χ0n) is 18.2. The Bertz CT molecular complexity index is 1110. The second-order valence-electron chi connectivity index (χ2n) is 7.89. The van der Waals surface area contributed by atoms with Crippen LogP contribution in [-0.2, 0) is 21.2 Å². The number of nitrogens with one attached hydrogen (secondary N) is 1. The van der Waals surface area contributed by atoms with Gasteiger partial charge in [0.25, 0.3) is 0 Å². The van der Waals surface area contributed by atoms with Crippen molar-refractivity contribution >= 4 is 16.0 Å². The molecule has 0 bridgehead atoms. The van der Waals surface area contributed by atoms with Crippen molar-refractivity contribution in [2.24, 2.45) is 0 Å². The van der Waals surface area contributed by atoms with Gasteiger partial charge in [-0.2, -0.15) is 0 Å². The molecule has 1 N–H and O–H groups in total. The Morgan fingerprint density at radius 2 is 1.65 bits per heavy atom. The highest BCUT2D eigenvalue weighted by atomic mass is 32.2. The van der Waals surface area contributed by atoms with Gasteiger partial charge < -0.3 is 4.74 Å². The molecule has 0 aliphatic heterocycles. The molecule has 1 aromatic rings. The molecule has 164 valence electrons. The molecule has 0 fully saturated rings. The predicted molar refractivity (Wildman–Crippen MR) is 123 cm³/mol. The Hall–Kier alpha value is -2.70. The van der Waals surface area contributed by atoms with E-state index in [4.69, 9.17) is 4.74 Å². The van der Waals surface area contributed by atoms with Gasteiger partial charge in [-0.15, -0.1) is 0 Å². The van der Waals surface area contributed by atoms with Crippen molar-refractivity contribution in [3.05, 3.63) is 77.4 Å². The van der Waals surface area contributed by atoms with E-state index in [2.05, 4.69) is 36.8 Å². The van der Waals surface area contributed by atoms with Crippen LogP contribution in [0.15, 0.2) is 65.6 Å². The topological polar surface area (TPSA) is 72.5 Å². The van der Waals surface area contributed by atoms with Crippen LogP contribution >= 0.6 is 0 Å². The lowest BCUT2D eigenvalue weighted by molar-refractivity contribution is 0.0602. The van der Waals surface area contributed by atoms with Gasteiger partial charge in [0.2, 0.25) is 10.0 Å². The standard InChI is InChI=1S/C25H29NO4S/c1-18(2)19-12-14-22-20(17-24(25(27)30-3)23(22)15-13-19)9-7-8-16-26-31(28,29)21-10-5-4-6-11-21/h4-6,10-15,17-18,26H,7-9,16H2,1-3H3. The Kier molecular flexibility index (Phi) is 7.46. The largest absolute Gasteiger partial charge is 0.465 e. The number of rotatable bonds is 9. The van der Waals surface area contributed by atoms with Crippen LogP contribution in [0.25, 0.3) is 11.1 Å². The summed E-state index contributed by atoms with van der Waals surface area (Å²) in [6.07, 6.45) is 2.25. The SMILES string of the molecule is COC(=O)c1cc(CCCCNS(=O)(=O)c2ccccc2)c2ccc(C(C)C)ccc1-2. The molecule has 0 saturated carbocycles. The van der Waals surface area contributed by atoms with Crippen molar-refractivity contribution in [2.75, 3.05) is 13.7 Å². The first-order chi connectivity index (χ1) is 14.8. The molecule has 31 heavy (non-hydrogen) atoms. The highest BCUT2D eigenvalue weighted by molar-refractivity contribution is 7.89. The molecule has 0 atom stereocenters. The second kappa shape index (κ2) is 10.1. The van der Waals surface area contributed by atoms with Crippen LogP contribution in [0.1, 0.15) is 54.1 Å². The van der Waals surface area contributed by atoms with E-state index in [1.54, 1.807) is 30.3 Å². The van der Waals surface area contributed by atoms with E-state index in [1.165, 1.54) is 12.7 Å². The van der Waals surface area contributed by atoms with Gasteiger partial charge in [-0.3, -0.25) is 0 Å². The fourth-order valence-corrected chi connectivity index (χ4v) is 4.73. The first kappa shape index (κ1) is 23.0. The van der Waals surface area contributed by atoms with Gasteiger partial charge in [0, 0.05) is 6.54 Å². The minimum Gasteiger partial charge on any atom is -0.465 e. The number of benzene rings is 1. The molecule has 0 amide bonds. The van der Waals surface area contributed by atoms with Crippen LogP contribution in [0.3, 0.4) is 0 Å². The third kappa shape index (κ3) is 5.51. The van der Waals surface area contributed by atoms with Crippen LogP contribution in [-0.4, -0.2) is 28.0 Å². The van der Waals surface area contributed by atoms with Gasteiger partial charge >= 0.3 is 5.97 Å². The number of aryl methyl sites for hydroxylation is 1. The molecular weight excluding hydrogens is 410 g/mol. The van der Waals surface area contributed by atoms with Crippen molar-refractivity contribution < 1.29 is 17.9 Å². The molecule has 0 heterocycles. The van der Waals surface area contributed by atoms with Gasteiger partial charge in [-0.25, -0.2) is 17.9 Å². The summed E-state index contributed by atoms with van der Waals surface area (Å²) in [5.41, 5.74) is 4.78. The van der Waals surface area contributed by atoms with Gasteiger partial charge in [0.05, 0.1) is 17.6 Å². The summed E-state index contributed by atoms with van der Waals surface area (Å²) >= 11 is 0. The van der Waals surface area contributed by atoms with E-state index in [9.17, 15) is 13.2 Å². The minimum absolute atomic E-state index is 0.271. The monoisotopic (exact) mass is 439 g/mol. The number of ether oxygens (including phenoxy) is 1. The lowest BCUT2D eigenvalue weighted by Crippen LogP contribution is -2.24. The summed E-state index contributed by atoms with van der Waals surface area (Å²) in [6, 6.07) is 18.5. The van der Waals surface area contributed by atoms with Crippen molar-refractivity contribution in [3.8, 4) is 11.1 Å². The lowest BCUT2D eigenvalue weighted by Gasteiger charge is -2.07. The molecule has 1 aromatic carbocycles. The number of methoxy groups -OCH3 is 1. The lowest BCUT2D eigenvalue weighted by atomic mass is 10.0. The predicted octanol–water partition coefficient (Wildman–Crippen LogP) is 5.00. The first-order valence-electron chi connectivity index (χ1n) is 10.5. The number of carbonyl (C=O) groups excluding carboxylic acids is 1. The average molecular weight is 440 g/mol. The molecular formula is C25H29NO4S. The Balaban J connectivity index is 1.69. The third-order valence-electron chi connectivity index (χ3n) is 5.42. The molecule has 0 aromatic heterocycles. The zero-order chi connectivity index (χ0) is 22.4. The van der Waals surface area contributed by atoms with Gasteiger partial charge in [-0.1, -0.05) is 56.3 Å². The number of sulfonamides is 1. The maximum atomic E-state index is 12.3. The molecule has 0 unspecified atom stereocenters. The van der Waals surface area contributed by atoms with E-state index in [1.807, 2.05) is 12.1 Å². The second-order valence-corrected chi connectivity index (χ2v) is 9.66. The fraction of sp³-hybridized carbons (Fsp3) is 0.320. The van der Waals surface area contributed by atoms with Crippen LogP contribution in [0.4, 0.5) is 0 Å². The molecule has 0 saturated heterocycles. The van der Waals surface area contributed by atoms with E-state index >= 15 is 0 Å². The van der Waals surface area contributed by atoms with Gasteiger partial charge in [0.1, 0.15) is 0 Å². The van der Waals surface area contributed by atoms with E-state index in [-0.39, 0.29) is 10.9 Å². The number of esters is 1. The maximum absolute atomic E-state index is 12.3. The van der Waals surface area contributed by atoms with Crippen molar-refractivity contribution in [3.63, 3.8) is 0 Å². The highest BCUT2D eigenvalue weighted by Gasteiger charge is 2.20. The Morgan fingerprint density at radius 1 is 0.968 bits per heavy atom.